The minimum Gasteiger partial charge on any atom is -0.380 e. The fourth-order valence-electron chi connectivity index (χ4n) is 2.81. The van der Waals surface area contributed by atoms with Crippen molar-refractivity contribution in [3.8, 4) is 0 Å². The van der Waals surface area contributed by atoms with E-state index in [0.29, 0.717) is 0 Å². The molecule has 4 aliphatic rings. The van der Waals surface area contributed by atoms with Crippen molar-refractivity contribution in [2.24, 2.45) is 0 Å². The molecule has 0 saturated heterocycles. The average molecular weight is 252 g/mol. The number of ether oxygens (including phenoxy) is 1. The van der Waals surface area contributed by atoms with Gasteiger partial charge in [0.1, 0.15) is 0 Å². The standard InChI is InChI=1S/C18H20O/c1-19-13-18-12-16-7-6-14-2-4-15(5-3-14)8-10-17(18)11-9-16/h2-5,9,11-12H,6-8,10,13H2,1H3. The van der Waals surface area contributed by atoms with Crippen molar-refractivity contribution in [1.29, 1.82) is 0 Å². The molecular formula is C18H20O. The highest BCUT2D eigenvalue weighted by atomic mass is 16.5. The minimum absolute atomic E-state index is 0.723. The Morgan fingerprint density at radius 1 is 0.789 bits per heavy atom. The molecule has 0 N–H and O–H groups in total. The summed E-state index contributed by atoms with van der Waals surface area (Å²) in [4.78, 5) is 0. The van der Waals surface area contributed by atoms with E-state index < -0.39 is 0 Å². The molecule has 0 spiro atoms. The molecule has 0 heterocycles. The van der Waals surface area contributed by atoms with Crippen LogP contribution < -0.4 is 0 Å². The molecule has 4 bridgehead atoms. The van der Waals surface area contributed by atoms with Gasteiger partial charge in [-0.25, -0.2) is 0 Å². The second-order valence-corrected chi connectivity index (χ2v) is 5.35. The molecule has 0 saturated carbocycles. The Bertz CT molecular complexity index is 554. The topological polar surface area (TPSA) is 9.23 Å². The molecule has 1 nitrogen and oxygen atoms in total. The van der Waals surface area contributed by atoms with Gasteiger partial charge in [-0.2, -0.15) is 0 Å². The summed E-state index contributed by atoms with van der Waals surface area (Å²) in [5.74, 6) is 0. The first kappa shape index (κ1) is 12.4. The summed E-state index contributed by atoms with van der Waals surface area (Å²) in [5.41, 5.74) is 7.06. The molecule has 4 aliphatic carbocycles. The van der Waals surface area contributed by atoms with Crippen LogP contribution in [0.25, 0.3) is 0 Å². The molecule has 19 heavy (non-hydrogen) atoms. The molecule has 0 aromatic heterocycles. The Morgan fingerprint density at radius 3 is 2.05 bits per heavy atom. The molecule has 0 amide bonds. The van der Waals surface area contributed by atoms with Crippen LogP contribution in [0.15, 0.2) is 42.5 Å². The van der Waals surface area contributed by atoms with Gasteiger partial charge in [-0.1, -0.05) is 42.5 Å². The van der Waals surface area contributed by atoms with Crippen molar-refractivity contribution in [3.63, 3.8) is 0 Å². The minimum atomic E-state index is 0.723. The lowest BCUT2D eigenvalue weighted by molar-refractivity contribution is 0.184. The van der Waals surface area contributed by atoms with E-state index in [9.17, 15) is 0 Å². The summed E-state index contributed by atoms with van der Waals surface area (Å²) in [6.07, 6.45) is 4.43. The summed E-state index contributed by atoms with van der Waals surface area (Å²) in [6.45, 7) is 0.723. The van der Waals surface area contributed by atoms with Gasteiger partial charge in [-0.3, -0.25) is 0 Å². The zero-order chi connectivity index (χ0) is 13.1. The van der Waals surface area contributed by atoms with Crippen molar-refractivity contribution in [2.45, 2.75) is 32.3 Å². The van der Waals surface area contributed by atoms with Crippen molar-refractivity contribution in [3.05, 3.63) is 70.3 Å². The lowest BCUT2D eigenvalue weighted by atomic mass is 9.93. The SMILES string of the molecule is COCc1cc2ccc1CCc1ccc(cc1)CC2. The van der Waals surface area contributed by atoms with Gasteiger partial charge in [0.2, 0.25) is 0 Å². The summed E-state index contributed by atoms with van der Waals surface area (Å²) in [5, 5.41) is 0. The second kappa shape index (κ2) is 5.58. The van der Waals surface area contributed by atoms with E-state index in [1.807, 2.05) is 0 Å². The van der Waals surface area contributed by atoms with Gasteiger partial charge in [0, 0.05) is 7.11 Å². The highest BCUT2D eigenvalue weighted by Gasteiger charge is 2.07. The van der Waals surface area contributed by atoms with Crippen LogP contribution in [0.1, 0.15) is 27.8 Å². The van der Waals surface area contributed by atoms with Gasteiger partial charge in [0.15, 0.2) is 0 Å². The van der Waals surface area contributed by atoms with E-state index in [-0.39, 0.29) is 0 Å². The number of aryl methyl sites for hydroxylation is 4. The molecule has 1 heteroatoms. The predicted octanol–water partition coefficient (Wildman–Crippen LogP) is 3.72. The van der Waals surface area contributed by atoms with E-state index in [1.54, 1.807) is 7.11 Å². The fraction of sp³-hybridized carbons (Fsp3) is 0.333. The molecule has 2 aromatic carbocycles. The van der Waals surface area contributed by atoms with Crippen molar-refractivity contribution in [2.75, 3.05) is 7.11 Å². The van der Waals surface area contributed by atoms with Gasteiger partial charge in [-0.05, 0) is 53.5 Å². The Kier molecular flexibility index (Phi) is 3.65. The highest BCUT2D eigenvalue weighted by molar-refractivity contribution is 5.34. The predicted molar refractivity (Wildman–Crippen MR) is 78.4 cm³/mol. The van der Waals surface area contributed by atoms with Crippen LogP contribution in [0.3, 0.4) is 0 Å². The van der Waals surface area contributed by atoms with E-state index in [0.717, 1.165) is 32.3 Å². The maximum atomic E-state index is 5.34. The number of methoxy groups -OCH3 is 1. The molecule has 2 aromatic rings. The van der Waals surface area contributed by atoms with E-state index in [2.05, 4.69) is 42.5 Å². The second-order valence-electron chi connectivity index (χ2n) is 5.35. The van der Waals surface area contributed by atoms with Crippen molar-refractivity contribution < 1.29 is 4.74 Å². The first-order valence-corrected chi connectivity index (χ1v) is 7.02. The van der Waals surface area contributed by atoms with Crippen LogP contribution in [0.5, 0.6) is 0 Å². The van der Waals surface area contributed by atoms with E-state index >= 15 is 0 Å². The Labute approximate surface area is 115 Å². The fourth-order valence-corrected chi connectivity index (χ4v) is 2.81. The molecule has 0 aliphatic heterocycles. The lowest BCUT2D eigenvalue weighted by Gasteiger charge is -2.14. The Morgan fingerprint density at radius 2 is 1.37 bits per heavy atom. The van der Waals surface area contributed by atoms with Crippen molar-refractivity contribution >= 4 is 0 Å². The molecule has 6 rings (SSSR count). The maximum Gasteiger partial charge on any atom is 0.0715 e. The first-order valence-electron chi connectivity index (χ1n) is 7.02. The van der Waals surface area contributed by atoms with E-state index in [1.165, 1.54) is 27.8 Å². The number of benzene rings is 2. The average Bonchev–Trinajstić information content (AvgIpc) is 2.43. The van der Waals surface area contributed by atoms with E-state index in [4.69, 9.17) is 4.74 Å². The number of rotatable bonds is 2. The summed E-state index contributed by atoms with van der Waals surface area (Å²) >= 11 is 0. The molecule has 0 radical (unpaired) electrons. The van der Waals surface area contributed by atoms with Crippen LogP contribution in [0.4, 0.5) is 0 Å². The molecule has 0 atom stereocenters. The van der Waals surface area contributed by atoms with Gasteiger partial charge in [0.05, 0.1) is 6.61 Å². The smallest absolute Gasteiger partial charge is 0.0715 e. The highest BCUT2D eigenvalue weighted by Crippen LogP contribution is 2.19. The quantitative estimate of drug-likeness (QED) is 0.791. The molecule has 0 fully saturated rings. The third kappa shape index (κ3) is 2.87. The Balaban J connectivity index is 1.96. The van der Waals surface area contributed by atoms with Crippen LogP contribution in [0, 0.1) is 0 Å². The number of hydrogen-bond acceptors (Lipinski definition) is 1. The zero-order valence-electron chi connectivity index (χ0n) is 11.5. The zero-order valence-corrected chi connectivity index (χ0v) is 11.5. The normalized spacial score (nSPS) is 14.2. The maximum absolute atomic E-state index is 5.34. The van der Waals surface area contributed by atoms with Gasteiger partial charge in [-0.15, -0.1) is 0 Å². The van der Waals surface area contributed by atoms with Crippen LogP contribution >= 0.6 is 0 Å². The largest absolute Gasteiger partial charge is 0.380 e. The summed E-state index contributed by atoms with van der Waals surface area (Å²) < 4.78 is 5.34. The van der Waals surface area contributed by atoms with Crippen LogP contribution in [-0.4, -0.2) is 7.11 Å². The third-order valence-electron chi connectivity index (χ3n) is 3.98. The first-order chi connectivity index (χ1) is 9.35. The summed E-state index contributed by atoms with van der Waals surface area (Å²) in [7, 11) is 1.78. The Hall–Kier alpha value is -1.60. The monoisotopic (exact) mass is 252 g/mol. The van der Waals surface area contributed by atoms with Crippen LogP contribution in [-0.2, 0) is 37.0 Å². The van der Waals surface area contributed by atoms with Crippen LogP contribution in [0.2, 0.25) is 0 Å². The lowest BCUT2D eigenvalue weighted by Crippen LogP contribution is -2.02. The van der Waals surface area contributed by atoms with Gasteiger partial charge in [0.25, 0.3) is 0 Å². The van der Waals surface area contributed by atoms with Crippen molar-refractivity contribution in [1.82, 2.24) is 0 Å². The summed E-state index contributed by atoms with van der Waals surface area (Å²) in [6, 6.07) is 16.0. The number of hydrogen-bond donors (Lipinski definition) is 0. The third-order valence-corrected chi connectivity index (χ3v) is 3.98. The molecular weight excluding hydrogens is 232 g/mol. The van der Waals surface area contributed by atoms with Gasteiger partial charge >= 0.3 is 0 Å². The molecule has 98 valence electrons. The molecule has 0 unspecified atom stereocenters. The van der Waals surface area contributed by atoms with Gasteiger partial charge < -0.3 is 4.74 Å².